The van der Waals surface area contributed by atoms with E-state index in [1.165, 1.54) is 6.26 Å². The van der Waals surface area contributed by atoms with Crippen molar-refractivity contribution in [1.29, 1.82) is 0 Å². The molecular weight excluding hydrogens is 276 g/mol. The fraction of sp³-hybridized carbons (Fsp3) is 0.500. The maximum absolute atomic E-state index is 11.4. The highest BCUT2D eigenvalue weighted by Crippen LogP contribution is 2.11. The van der Waals surface area contributed by atoms with Crippen LogP contribution in [0.5, 0.6) is 0 Å². The van der Waals surface area contributed by atoms with Crippen LogP contribution in [0.2, 0.25) is 0 Å². The summed E-state index contributed by atoms with van der Waals surface area (Å²) < 4.78 is 22.7. The summed E-state index contributed by atoms with van der Waals surface area (Å²) in [5.74, 6) is 0.0902. The molecule has 1 amide bonds. The zero-order valence-corrected chi connectivity index (χ0v) is 12.4. The minimum absolute atomic E-state index is 0.0902. The molecule has 1 unspecified atom stereocenters. The topological polar surface area (TPSA) is 75.3 Å². The highest BCUT2D eigenvalue weighted by molar-refractivity contribution is 7.90. The van der Waals surface area contributed by atoms with Crippen LogP contribution in [0.4, 0.5) is 0 Å². The second-order valence-corrected chi connectivity index (χ2v) is 7.21. The van der Waals surface area contributed by atoms with Gasteiger partial charge in [-0.25, -0.2) is 8.42 Å². The first-order valence-corrected chi connectivity index (χ1v) is 8.63. The van der Waals surface area contributed by atoms with E-state index in [0.29, 0.717) is 17.9 Å². The molecule has 20 heavy (non-hydrogen) atoms. The zero-order valence-electron chi connectivity index (χ0n) is 11.6. The van der Waals surface area contributed by atoms with Gasteiger partial charge < -0.3 is 10.6 Å². The van der Waals surface area contributed by atoms with Gasteiger partial charge in [-0.3, -0.25) is 4.79 Å². The molecule has 1 atom stereocenters. The van der Waals surface area contributed by atoms with E-state index in [9.17, 15) is 13.2 Å². The van der Waals surface area contributed by atoms with Gasteiger partial charge in [0.05, 0.1) is 4.90 Å². The van der Waals surface area contributed by atoms with Crippen LogP contribution in [0.25, 0.3) is 0 Å². The molecule has 2 N–H and O–H groups in total. The monoisotopic (exact) mass is 296 g/mol. The van der Waals surface area contributed by atoms with Crippen LogP contribution in [0.15, 0.2) is 29.2 Å². The normalized spacial score (nSPS) is 20.2. The molecule has 0 aliphatic carbocycles. The first-order chi connectivity index (χ1) is 9.45. The van der Waals surface area contributed by atoms with E-state index < -0.39 is 9.84 Å². The Labute approximate surface area is 119 Å². The lowest BCUT2D eigenvalue weighted by Crippen LogP contribution is -2.32. The SMILES string of the molecule is CS(=O)(=O)c1ccc(CNC2CCCNC(=O)C2)cc1. The maximum atomic E-state index is 11.4. The Morgan fingerprint density at radius 3 is 2.65 bits per heavy atom. The second kappa shape index (κ2) is 6.37. The Bertz CT molecular complexity index is 567. The van der Waals surface area contributed by atoms with Crippen molar-refractivity contribution in [2.24, 2.45) is 0 Å². The molecule has 1 heterocycles. The van der Waals surface area contributed by atoms with Crippen LogP contribution in [0.3, 0.4) is 0 Å². The smallest absolute Gasteiger partial charge is 0.221 e. The van der Waals surface area contributed by atoms with Gasteiger partial charge in [0, 0.05) is 31.8 Å². The number of amides is 1. The molecule has 0 radical (unpaired) electrons. The number of carbonyl (C=O) groups is 1. The predicted octanol–water partition coefficient (Wildman–Crippen LogP) is 0.848. The maximum Gasteiger partial charge on any atom is 0.221 e. The van der Waals surface area contributed by atoms with E-state index in [0.717, 1.165) is 24.9 Å². The Kier molecular flexibility index (Phi) is 4.77. The number of sulfone groups is 1. The molecule has 0 spiro atoms. The van der Waals surface area contributed by atoms with Gasteiger partial charge in [-0.1, -0.05) is 12.1 Å². The summed E-state index contributed by atoms with van der Waals surface area (Å²) >= 11 is 0. The van der Waals surface area contributed by atoms with Gasteiger partial charge in [0.25, 0.3) is 0 Å². The zero-order chi connectivity index (χ0) is 14.6. The average Bonchev–Trinajstić information content (AvgIpc) is 2.60. The Morgan fingerprint density at radius 1 is 1.30 bits per heavy atom. The van der Waals surface area contributed by atoms with E-state index in [1.807, 2.05) is 0 Å². The summed E-state index contributed by atoms with van der Waals surface area (Å²) in [5, 5.41) is 6.21. The summed E-state index contributed by atoms with van der Waals surface area (Å²) in [7, 11) is -3.14. The van der Waals surface area contributed by atoms with Gasteiger partial charge in [0.1, 0.15) is 0 Å². The van der Waals surface area contributed by atoms with Gasteiger partial charge in [-0.15, -0.1) is 0 Å². The van der Waals surface area contributed by atoms with Crippen molar-refractivity contribution in [3.05, 3.63) is 29.8 Å². The van der Waals surface area contributed by atoms with Crippen LogP contribution in [-0.4, -0.2) is 33.2 Å². The Hall–Kier alpha value is -1.40. The summed E-state index contributed by atoms with van der Waals surface area (Å²) in [6.07, 6.45) is 3.66. The minimum Gasteiger partial charge on any atom is -0.356 e. The third-order valence-corrected chi connectivity index (χ3v) is 4.56. The van der Waals surface area contributed by atoms with Crippen molar-refractivity contribution >= 4 is 15.7 Å². The van der Waals surface area contributed by atoms with Crippen LogP contribution < -0.4 is 10.6 Å². The van der Waals surface area contributed by atoms with Crippen molar-refractivity contribution in [3.8, 4) is 0 Å². The largest absolute Gasteiger partial charge is 0.356 e. The van der Waals surface area contributed by atoms with Crippen LogP contribution in [0, 0.1) is 0 Å². The Morgan fingerprint density at radius 2 is 2.00 bits per heavy atom. The number of carbonyl (C=O) groups excluding carboxylic acids is 1. The molecule has 2 rings (SSSR count). The summed E-state index contributed by atoms with van der Waals surface area (Å²) in [4.78, 5) is 11.8. The Balaban J connectivity index is 1.92. The minimum atomic E-state index is -3.14. The number of nitrogens with one attached hydrogen (secondary N) is 2. The standard InChI is InChI=1S/C14H20N2O3S/c1-20(18,19)13-6-4-11(5-7-13)10-16-12-3-2-8-15-14(17)9-12/h4-7,12,16H,2-3,8-10H2,1H3,(H,15,17). The average molecular weight is 296 g/mol. The first-order valence-electron chi connectivity index (χ1n) is 6.74. The van der Waals surface area contributed by atoms with E-state index >= 15 is 0 Å². The van der Waals surface area contributed by atoms with E-state index in [4.69, 9.17) is 0 Å². The molecule has 110 valence electrons. The summed E-state index contributed by atoms with van der Waals surface area (Å²) in [6.45, 7) is 1.39. The lowest BCUT2D eigenvalue weighted by Gasteiger charge is -2.15. The highest BCUT2D eigenvalue weighted by Gasteiger charge is 2.16. The summed E-state index contributed by atoms with van der Waals surface area (Å²) in [6, 6.07) is 7.03. The van der Waals surface area contributed by atoms with Crippen LogP contribution in [-0.2, 0) is 21.2 Å². The summed E-state index contributed by atoms with van der Waals surface area (Å²) in [5.41, 5.74) is 1.02. The molecule has 1 saturated heterocycles. The van der Waals surface area contributed by atoms with Gasteiger partial charge in [0.2, 0.25) is 5.91 Å². The molecule has 1 aliphatic rings. The van der Waals surface area contributed by atoms with Crippen molar-refractivity contribution in [2.45, 2.75) is 36.7 Å². The number of hydrogen-bond acceptors (Lipinski definition) is 4. The van der Waals surface area contributed by atoms with Gasteiger partial charge in [-0.05, 0) is 30.5 Å². The van der Waals surface area contributed by atoms with Gasteiger partial charge in [0.15, 0.2) is 9.84 Å². The molecule has 6 heteroatoms. The molecule has 5 nitrogen and oxygen atoms in total. The van der Waals surface area contributed by atoms with E-state index in [2.05, 4.69) is 10.6 Å². The van der Waals surface area contributed by atoms with E-state index in [1.54, 1.807) is 24.3 Å². The number of benzene rings is 1. The van der Waals surface area contributed by atoms with Crippen molar-refractivity contribution in [1.82, 2.24) is 10.6 Å². The molecule has 1 fully saturated rings. The van der Waals surface area contributed by atoms with Crippen LogP contribution in [0.1, 0.15) is 24.8 Å². The van der Waals surface area contributed by atoms with E-state index in [-0.39, 0.29) is 11.9 Å². The van der Waals surface area contributed by atoms with Crippen molar-refractivity contribution < 1.29 is 13.2 Å². The van der Waals surface area contributed by atoms with Crippen LogP contribution >= 0.6 is 0 Å². The lowest BCUT2D eigenvalue weighted by atomic mass is 10.1. The van der Waals surface area contributed by atoms with Crippen molar-refractivity contribution in [2.75, 3.05) is 12.8 Å². The van der Waals surface area contributed by atoms with Gasteiger partial charge >= 0.3 is 0 Å². The predicted molar refractivity (Wildman–Crippen MR) is 77.0 cm³/mol. The first kappa shape index (κ1) is 15.0. The fourth-order valence-corrected chi connectivity index (χ4v) is 2.90. The lowest BCUT2D eigenvalue weighted by molar-refractivity contribution is -0.121. The molecule has 0 bridgehead atoms. The molecule has 1 aromatic rings. The molecule has 0 saturated carbocycles. The fourth-order valence-electron chi connectivity index (χ4n) is 2.27. The molecule has 1 aliphatic heterocycles. The third-order valence-electron chi connectivity index (χ3n) is 3.43. The van der Waals surface area contributed by atoms with Gasteiger partial charge in [-0.2, -0.15) is 0 Å². The number of rotatable bonds is 4. The molecular formula is C14H20N2O3S. The molecule has 0 aromatic heterocycles. The third kappa shape index (κ3) is 4.31. The number of hydrogen-bond donors (Lipinski definition) is 2. The highest BCUT2D eigenvalue weighted by atomic mass is 32.2. The van der Waals surface area contributed by atoms with Crippen molar-refractivity contribution in [3.63, 3.8) is 0 Å². The molecule has 1 aromatic carbocycles. The quantitative estimate of drug-likeness (QED) is 0.863. The second-order valence-electron chi connectivity index (χ2n) is 5.19.